The summed E-state index contributed by atoms with van der Waals surface area (Å²) >= 11 is -0.680. The van der Waals surface area contributed by atoms with Crippen LogP contribution in [-0.4, -0.2) is 40.2 Å². The van der Waals surface area contributed by atoms with Crippen LogP contribution >= 0.6 is 0 Å². The van der Waals surface area contributed by atoms with Crippen LogP contribution in [0.25, 0.3) is 21.9 Å². The Labute approximate surface area is 238 Å². The largest absolute Gasteiger partial charge is 0.616 e. The summed E-state index contributed by atoms with van der Waals surface area (Å²) in [4.78, 5) is 17.8. The van der Waals surface area contributed by atoms with Crippen molar-refractivity contribution in [3.63, 3.8) is 0 Å². The van der Waals surface area contributed by atoms with Gasteiger partial charge in [0.05, 0.1) is 18.5 Å². The van der Waals surface area contributed by atoms with Gasteiger partial charge in [0.2, 0.25) is 0 Å². The van der Waals surface area contributed by atoms with Crippen molar-refractivity contribution in [2.75, 3.05) is 34.6 Å². The van der Waals surface area contributed by atoms with Crippen molar-refractivity contribution in [2.45, 2.75) is 45.1 Å². The molecular formula is C32H36N4O3S. The SMILES string of the molecule is COc1ccc(C(C)(C)C)cc1NC(=O)Nc1ccc(-c2ccc(NC3CC[S+]([O-])CC3)nc2)c2ccccc12. The Morgan fingerprint density at radius 2 is 1.68 bits per heavy atom. The summed E-state index contributed by atoms with van der Waals surface area (Å²) in [6, 6.07) is 21.8. The maximum Gasteiger partial charge on any atom is 0.323 e. The summed E-state index contributed by atoms with van der Waals surface area (Å²) in [7, 11) is 1.60. The van der Waals surface area contributed by atoms with E-state index in [1.54, 1.807) is 7.11 Å². The number of pyridine rings is 1. The van der Waals surface area contributed by atoms with Crippen LogP contribution in [0.3, 0.4) is 0 Å². The summed E-state index contributed by atoms with van der Waals surface area (Å²) < 4.78 is 17.1. The number of aromatic nitrogens is 1. The van der Waals surface area contributed by atoms with Gasteiger partial charge in [-0.2, -0.15) is 0 Å². The number of nitrogens with one attached hydrogen (secondary N) is 3. The van der Waals surface area contributed by atoms with Crippen molar-refractivity contribution in [3.8, 4) is 16.9 Å². The monoisotopic (exact) mass is 556 g/mol. The van der Waals surface area contributed by atoms with Gasteiger partial charge in [-0.1, -0.05) is 68.3 Å². The molecule has 0 unspecified atom stereocenters. The van der Waals surface area contributed by atoms with E-state index in [9.17, 15) is 9.35 Å². The van der Waals surface area contributed by atoms with Crippen molar-refractivity contribution in [3.05, 3.63) is 78.5 Å². The predicted octanol–water partition coefficient (Wildman–Crippen LogP) is 7.17. The summed E-state index contributed by atoms with van der Waals surface area (Å²) in [5.41, 5.74) is 4.40. The predicted molar refractivity (Wildman–Crippen MR) is 166 cm³/mol. The van der Waals surface area contributed by atoms with Gasteiger partial charge in [-0.05, 0) is 52.3 Å². The number of carbonyl (C=O) groups is 1. The topological polar surface area (TPSA) is 98.3 Å². The number of anilines is 3. The van der Waals surface area contributed by atoms with Crippen LogP contribution in [0.15, 0.2) is 72.9 Å². The van der Waals surface area contributed by atoms with Gasteiger partial charge in [-0.25, -0.2) is 9.78 Å². The van der Waals surface area contributed by atoms with E-state index in [0.717, 1.165) is 57.6 Å². The number of carbonyl (C=O) groups excluding carboxylic acids is 1. The zero-order valence-corrected chi connectivity index (χ0v) is 24.2. The molecule has 1 fully saturated rings. The Morgan fingerprint density at radius 3 is 2.35 bits per heavy atom. The first-order valence-corrected chi connectivity index (χ1v) is 15.1. The number of methoxy groups -OCH3 is 1. The van der Waals surface area contributed by atoms with Gasteiger partial charge in [-0.15, -0.1) is 0 Å². The lowest BCUT2D eigenvalue weighted by Gasteiger charge is -2.25. The standard InChI is InChI=1S/C32H36N4O3S/c1-32(2,3)22-10-13-29(39-4)28(19-22)36-31(37)35-27-12-11-24(25-7-5-6-8-26(25)27)21-9-14-30(33-20-21)34-23-15-17-40(38)18-16-23/h5-14,19-20,23H,15-18H2,1-4H3,(H,33,34)(H2,35,36,37). The molecule has 1 aromatic heterocycles. The van der Waals surface area contributed by atoms with Crippen molar-refractivity contribution in [1.82, 2.24) is 4.98 Å². The molecule has 2 heterocycles. The molecule has 2 amide bonds. The number of fused-ring (bicyclic) bond motifs is 1. The minimum Gasteiger partial charge on any atom is -0.616 e. The normalized spacial score (nSPS) is 17.3. The molecule has 1 aliphatic rings. The van der Waals surface area contributed by atoms with E-state index in [4.69, 9.17) is 4.74 Å². The highest BCUT2D eigenvalue weighted by molar-refractivity contribution is 7.91. The number of urea groups is 1. The molecular weight excluding hydrogens is 520 g/mol. The van der Waals surface area contributed by atoms with Crippen LogP contribution in [0.1, 0.15) is 39.2 Å². The molecule has 4 aromatic rings. The lowest BCUT2D eigenvalue weighted by Crippen LogP contribution is -2.32. The van der Waals surface area contributed by atoms with Crippen LogP contribution < -0.4 is 20.7 Å². The maximum absolute atomic E-state index is 13.1. The van der Waals surface area contributed by atoms with E-state index in [1.807, 2.05) is 60.8 Å². The average Bonchev–Trinajstić information content (AvgIpc) is 2.94. The highest BCUT2D eigenvalue weighted by Crippen LogP contribution is 2.35. The molecule has 3 aromatic carbocycles. The van der Waals surface area contributed by atoms with Gasteiger partial charge in [0.15, 0.2) is 0 Å². The second-order valence-corrected chi connectivity index (χ2v) is 12.8. The third kappa shape index (κ3) is 6.35. The number of amides is 2. The fraction of sp³-hybridized carbons (Fsp3) is 0.312. The second-order valence-electron chi connectivity index (χ2n) is 11.1. The van der Waals surface area contributed by atoms with Crippen LogP contribution in [-0.2, 0) is 16.6 Å². The van der Waals surface area contributed by atoms with Gasteiger partial charge in [-0.3, -0.25) is 0 Å². The molecule has 0 atom stereocenters. The lowest BCUT2D eigenvalue weighted by molar-refractivity contribution is 0.262. The third-order valence-electron chi connectivity index (χ3n) is 7.30. The van der Waals surface area contributed by atoms with Crippen LogP contribution in [0.4, 0.5) is 22.0 Å². The molecule has 0 aliphatic carbocycles. The van der Waals surface area contributed by atoms with E-state index >= 15 is 0 Å². The highest BCUT2D eigenvalue weighted by atomic mass is 32.2. The second kappa shape index (κ2) is 11.8. The fourth-order valence-electron chi connectivity index (χ4n) is 4.99. The minimum absolute atomic E-state index is 0.0637. The number of nitrogens with zero attached hydrogens (tertiary/aromatic N) is 1. The summed E-state index contributed by atoms with van der Waals surface area (Å²) in [6.45, 7) is 6.40. The zero-order chi connectivity index (χ0) is 28.3. The first-order chi connectivity index (χ1) is 19.2. The van der Waals surface area contributed by atoms with E-state index < -0.39 is 11.2 Å². The highest BCUT2D eigenvalue weighted by Gasteiger charge is 2.22. The first kappa shape index (κ1) is 27.8. The van der Waals surface area contributed by atoms with Crippen LogP contribution in [0, 0.1) is 0 Å². The summed E-state index contributed by atoms with van der Waals surface area (Å²) in [5.74, 6) is 2.92. The molecule has 5 rings (SSSR count). The molecule has 1 aliphatic heterocycles. The zero-order valence-electron chi connectivity index (χ0n) is 23.4. The summed E-state index contributed by atoms with van der Waals surface area (Å²) in [6.07, 6.45) is 3.68. The van der Waals surface area contributed by atoms with Crippen molar-refractivity contribution >= 4 is 45.2 Å². The van der Waals surface area contributed by atoms with Gasteiger partial charge in [0.25, 0.3) is 0 Å². The number of hydrogen-bond donors (Lipinski definition) is 3. The summed E-state index contributed by atoms with van der Waals surface area (Å²) in [5, 5.41) is 11.4. The molecule has 40 heavy (non-hydrogen) atoms. The quantitative estimate of drug-likeness (QED) is 0.219. The van der Waals surface area contributed by atoms with Gasteiger partial charge in [0, 0.05) is 36.0 Å². The number of ether oxygens (including phenoxy) is 1. The van der Waals surface area contributed by atoms with Gasteiger partial charge < -0.3 is 25.2 Å². The Kier molecular flexibility index (Phi) is 8.19. The Bertz CT molecular complexity index is 1490. The van der Waals surface area contributed by atoms with E-state index in [-0.39, 0.29) is 11.4 Å². The molecule has 0 saturated carbocycles. The molecule has 1 saturated heterocycles. The molecule has 208 valence electrons. The van der Waals surface area contributed by atoms with Crippen molar-refractivity contribution < 1.29 is 14.1 Å². The van der Waals surface area contributed by atoms with Crippen molar-refractivity contribution in [1.29, 1.82) is 0 Å². The number of hydrogen-bond acceptors (Lipinski definition) is 5. The van der Waals surface area contributed by atoms with Gasteiger partial charge >= 0.3 is 6.03 Å². The first-order valence-electron chi connectivity index (χ1n) is 13.6. The molecule has 0 radical (unpaired) electrons. The van der Waals surface area contributed by atoms with Crippen LogP contribution in [0.2, 0.25) is 0 Å². The van der Waals surface area contributed by atoms with Crippen molar-refractivity contribution in [2.24, 2.45) is 0 Å². The molecule has 0 bridgehead atoms. The fourth-order valence-corrected chi connectivity index (χ4v) is 6.29. The number of benzene rings is 3. The minimum atomic E-state index is -0.680. The van der Waals surface area contributed by atoms with E-state index in [2.05, 4.69) is 53.8 Å². The third-order valence-corrected chi connectivity index (χ3v) is 8.68. The van der Waals surface area contributed by atoms with Gasteiger partial charge in [0.1, 0.15) is 23.1 Å². The Morgan fingerprint density at radius 1 is 0.950 bits per heavy atom. The Hall–Kier alpha value is -3.75. The molecule has 0 spiro atoms. The molecule has 7 nitrogen and oxygen atoms in total. The van der Waals surface area contributed by atoms with Crippen LogP contribution in [0.5, 0.6) is 5.75 Å². The van der Waals surface area contributed by atoms with E-state index in [0.29, 0.717) is 23.2 Å². The van der Waals surface area contributed by atoms with E-state index in [1.165, 1.54) is 0 Å². The molecule has 3 N–H and O–H groups in total. The average molecular weight is 557 g/mol. The molecule has 8 heteroatoms. The maximum atomic E-state index is 13.1. The number of rotatable bonds is 6. The lowest BCUT2D eigenvalue weighted by atomic mass is 9.87. The smallest absolute Gasteiger partial charge is 0.323 e. The Balaban J connectivity index is 1.35.